The molecule has 0 aromatic carbocycles. The fraction of sp³-hybridized carbons (Fsp3) is 0.375. The predicted molar refractivity (Wildman–Crippen MR) is 46.1 cm³/mol. The van der Waals surface area contributed by atoms with Crippen LogP contribution in [-0.2, 0) is 0 Å². The van der Waals surface area contributed by atoms with Gasteiger partial charge in [-0.3, -0.25) is 0 Å². The Labute approximate surface area is 66.4 Å². The van der Waals surface area contributed by atoms with Gasteiger partial charge < -0.3 is 11.5 Å². The van der Waals surface area contributed by atoms with Crippen LogP contribution in [0.1, 0.15) is 18.4 Å². The quantitative estimate of drug-likeness (QED) is 0.654. The Morgan fingerprint density at radius 2 is 2.36 bits per heavy atom. The van der Waals surface area contributed by atoms with E-state index in [1.54, 1.807) is 6.20 Å². The van der Waals surface area contributed by atoms with E-state index in [4.69, 9.17) is 11.5 Å². The number of nitrogens with two attached hydrogens (primary N) is 2. The van der Waals surface area contributed by atoms with Crippen LogP contribution < -0.4 is 11.5 Å². The van der Waals surface area contributed by atoms with Crippen LogP contribution in [0.4, 0.5) is 5.82 Å². The third-order valence-corrected chi connectivity index (χ3v) is 1.73. The summed E-state index contributed by atoms with van der Waals surface area (Å²) < 4.78 is 0. The number of aromatic nitrogens is 1. The van der Waals surface area contributed by atoms with Crippen LogP contribution in [0.25, 0.3) is 0 Å². The number of hydrogen-bond donors (Lipinski definition) is 2. The van der Waals surface area contributed by atoms with Crippen molar-refractivity contribution < 1.29 is 0 Å². The second-order valence-electron chi connectivity index (χ2n) is 2.65. The van der Waals surface area contributed by atoms with Gasteiger partial charge in [0.05, 0.1) is 0 Å². The normalized spacial score (nSPS) is 12.9. The lowest BCUT2D eigenvalue weighted by Gasteiger charge is -2.07. The number of anilines is 1. The summed E-state index contributed by atoms with van der Waals surface area (Å²) in [6, 6.07) is 3.80. The Balaban J connectivity index is 2.86. The fourth-order valence-electron chi connectivity index (χ4n) is 0.908. The topological polar surface area (TPSA) is 64.9 Å². The molecule has 1 unspecified atom stereocenters. The van der Waals surface area contributed by atoms with Gasteiger partial charge in [0.1, 0.15) is 5.82 Å². The van der Waals surface area contributed by atoms with E-state index in [0.717, 1.165) is 5.56 Å². The van der Waals surface area contributed by atoms with Gasteiger partial charge in [-0.2, -0.15) is 0 Å². The van der Waals surface area contributed by atoms with Crippen molar-refractivity contribution in [3.05, 3.63) is 23.9 Å². The van der Waals surface area contributed by atoms with Crippen LogP contribution >= 0.6 is 0 Å². The number of nitrogen functional groups attached to an aromatic ring is 1. The van der Waals surface area contributed by atoms with Crippen LogP contribution in [0, 0.1) is 0 Å². The Bertz CT molecular complexity index is 235. The van der Waals surface area contributed by atoms with Gasteiger partial charge in [0, 0.05) is 6.20 Å². The Hall–Kier alpha value is -1.09. The molecule has 1 aromatic heterocycles. The van der Waals surface area contributed by atoms with E-state index in [0.29, 0.717) is 18.3 Å². The van der Waals surface area contributed by atoms with E-state index in [-0.39, 0.29) is 0 Å². The van der Waals surface area contributed by atoms with Crippen molar-refractivity contribution in [1.29, 1.82) is 0 Å². The molecule has 0 aliphatic rings. The molecule has 3 heteroatoms. The molecule has 1 atom stereocenters. The Morgan fingerprint density at radius 3 is 2.91 bits per heavy atom. The molecule has 11 heavy (non-hydrogen) atoms. The van der Waals surface area contributed by atoms with Gasteiger partial charge in [0.25, 0.3) is 0 Å². The molecule has 0 aliphatic heterocycles. The first-order valence-corrected chi connectivity index (χ1v) is 3.65. The molecule has 0 aliphatic carbocycles. The summed E-state index contributed by atoms with van der Waals surface area (Å²) in [5.41, 5.74) is 12.1. The second kappa shape index (κ2) is 3.34. The van der Waals surface area contributed by atoms with Gasteiger partial charge in [-0.05, 0) is 30.2 Å². The van der Waals surface area contributed by atoms with Crippen LogP contribution in [-0.4, -0.2) is 11.5 Å². The minimum Gasteiger partial charge on any atom is -0.384 e. The zero-order chi connectivity index (χ0) is 8.27. The van der Waals surface area contributed by atoms with Crippen molar-refractivity contribution in [2.45, 2.75) is 12.8 Å². The molecule has 60 valence electrons. The third kappa shape index (κ3) is 1.91. The van der Waals surface area contributed by atoms with Crippen LogP contribution in [0.2, 0.25) is 0 Å². The molecule has 0 spiro atoms. The van der Waals surface area contributed by atoms with Crippen LogP contribution in [0.3, 0.4) is 0 Å². The van der Waals surface area contributed by atoms with Crippen LogP contribution in [0.15, 0.2) is 18.3 Å². The standard InChI is InChI=1S/C8H13N3/c1-6(5-9)7-2-3-11-8(10)4-7/h2-4,6H,5,9H2,1H3,(H2,10,11). The van der Waals surface area contributed by atoms with Crippen molar-refractivity contribution in [1.82, 2.24) is 4.98 Å². The predicted octanol–water partition coefficient (Wildman–Crippen LogP) is 0.726. The molecule has 0 bridgehead atoms. The van der Waals surface area contributed by atoms with E-state index >= 15 is 0 Å². The number of rotatable bonds is 2. The minimum atomic E-state index is 0.361. The van der Waals surface area contributed by atoms with E-state index in [1.165, 1.54) is 0 Å². The van der Waals surface area contributed by atoms with Crippen molar-refractivity contribution >= 4 is 5.82 Å². The third-order valence-electron chi connectivity index (χ3n) is 1.73. The van der Waals surface area contributed by atoms with Crippen molar-refractivity contribution in [2.24, 2.45) is 5.73 Å². The molecule has 0 radical (unpaired) electrons. The average molecular weight is 151 g/mol. The first-order chi connectivity index (χ1) is 5.24. The molecule has 3 nitrogen and oxygen atoms in total. The zero-order valence-corrected chi connectivity index (χ0v) is 6.62. The first-order valence-electron chi connectivity index (χ1n) is 3.65. The fourth-order valence-corrected chi connectivity index (χ4v) is 0.908. The average Bonchev–Trinajstić information content (AvgIpc) is 2.03. The molecule has 0 amide bonds. The summed E-state index contributed by atoms with van der Waals surface area (Å²) >= 11 is 0. The molecule has 1 heterocycles. The molecule has 0 saturated heterocycles. The summed E-state index contributed by atoms with van der Waals surface area (Å²) in [5.74, 6) is 0.920. The maximum atomic E-state index is 5.50. The van der Waals surface area contributed by atoms with Crippen molar-refractivity contribution in [3.8, 4) is 0 Å². The summed E-state index contributed by atoms with van der Waals surface area (Å²) in [6.07, 6.45) is 1.71. The summed E-state index contributed by atoms with van der Waals surface area (Å²) in [6.45, 7) is 2.71. The highest BCUT2D eigenvalue weighted by atomic mass is 14.8. The lowest BCUT2D eigenvalue weighted by Crippen LogP contribution is -2.09. The highest BCUT2D eigenvalue weighted by molar-refractivity contribution is 5.33. The number of pyridine rings is 1. The largest absolute Gasteiger partial charge is 0.384 e. The number of hydrogen-bond acceptors (Lipinski definition) is 3. The SMILES string of the molecule is CC(CN)c1ccnc(N)c1. The number of nitrogens with zero attached hydrogens (tertiary/aromatic N) is 1. The van der Waals surface area contributed by atoms with Crippen molar-refractivity contribution in [3.63, 3.8) is 0 Å². The monoisotopic (exact) mass is 151 g/mol. The molecule has 1 rings (SSSR count). The smallest absolute Gasteiger partial charge is 0.123 e. The maximum Gasteiger partial charge on any atom is 0.123 e. The zero-order valence-electron chi connectivity index (χ0n) is 6.62. The van der Waals surface area contributed by atoms with E-state index in [9.17, 15) is 0 Å². The van der Waals surface area contributed by atoms with Gasteiger partial charge in [-0.15, -0.1) is 0 Å². The molecule has 0 saturated carbocycles. The molecular formula is C8H13N3. The summed E-state index contributed by atoms with van der Waals surface area (Å²) in [5, 5.41) is 0. The van der Waals surface area contributed by atoms with Crippen molar-refractivity contribution in [2.75, 3.05) is 12.3 Å². The summed E-state index contributed by atoms with van der Waals surface area (Å²) in [7, 11) is 0. The molecule has 1 aromatic rings. The highest BCUT2D eigenvalue weighted by Gasteiger charge is 2.02. The molecule has 4 N–H and O–H groups in total. The molecular weight excluding hydrogens is 138 g/mol. The van der Waals surface area contributed by atoms with Gasteiger partial charge >= 0.3 is 0 Å². The van der Waals surface area contributed by atoms with E-state index < -0.39 is 0 Å². The van der Waals surface area contributed by atoms with E-state index in [2.05, 4.69) is 11.9 Å². The first kappa shape index (κ1) is 8.01. The van der Waals surface area contributed by atoms with Gasteiger partial charge in [0.2, 0.25) is 0 Å². The molecule has 0 fully saturated rings. The summed E-state index contributed by atoms with van der Waals surface area (Å²) in [4.78, 5) is 3.89. The Morgan fingerprint density at radius 1 is 1.64 bits per heavy atom. The lowest BCUT2D eigenvalue weighted by atomic mass is 10.0. The Kier molecular flexibility index (Phi) is 2.44. The maximum absolute atomic E-state index is 5.50. The van der Waals surface area contributed by atoms with Gasteiger partial charge in [-0.1, -0.05) is 6.92 Å². The van der Waals surface area contributed by atoms with E-state index in [1.807, 2.05) is 12.1 Å². The lowest BCUT2D eigenvalue weighted by molar-refractivity contribution is 0.773. The second-order valence-corrected chi connectivity index (χ2v) is 2.65. The van der Waals surface area contributed by atoms with Crippen LogP contribution in [0.5, 0.6) is 0 Å². The van der Waals surface area contributed by atoms with Gasteiger partial charge in [-0.25, -0.2) is 4.98 Å². The highest BCUT2D eigenvalue weighted by Crippen LogP contribution is 2.13. The minimum absolute atomic E-state index is 0.361. The van der Waals surface area contributed by atoms with Gasteiger partial charge in [0.15, 0.2) is 0 Å².